The van der Waals surface area contributed by atoms with Crippen LogP contribution in [0.15, 0.2) is 18.2 Å². The number of methoxy groups -OCH3 is 1. The van der Waals surface area contributed by atoms with E-state index in [0.717, 1.165) is 0 Å². The number of hydrogen-bond acceptors (Lipinski definition) is 3. The molecule has 3 heteroatoms. The molecular formula is C9H6N2O. The summed E-state index contributed by atoms with van der Waals surface area (Å²) >= 11 is 0. The lowest BCUT2D eigenvalue weighted by atomic mass is 10.1. The van der Waals surface area contributed by atoms with E-state index in [0.29, 0.717) is 16.9 Å². The molecule has 0 amide bonds. The van der Waals surface area contributed by atoms with Crippen LogP contribution in [0.3, 0.4) is 0 Å². The molecule has 0 heterocycles. The molecule has 1 rings (SSSR count). The first-order valence-electron chi connectivity index (χ1n) is 3.30. The van der Waals surface area contributed by atoms with Crippen molar-refractivity contribution in [2.24, 2.45) is 0 Å². The summed E-state index contributed by atoms with van der Waals surface area (Å²) in [5.41, 5.74) is 0.771. The highest BCUT2D eigenvalue weighted by atomic mass is 16.5. The Morgan fingerprint density at radius 2 is 1.67 bits per heavy atom. The minimum absolute atomic E-state index is 0.350. The SMILES string of the molecule is COc1c(C#N)cccc1C#N. The summed E-state index contributed by atoms with van der Waals surface area (Å²) in [6, 6.07) is 8.76. The molecule has 0 saturated heterocycles. The first kappa shape index (κ1) is 8.10. The van der Waals surface area contributed by atoms with Crippen LogP contribution >= 0.6 is 0 Å². The van der Waals surface area contributed by atoms with E-state index in [4.69, 9.17) is 15.3 Å². The van der Waals surface area contributed by atoms with Crippen LogP contribution in [0.25, 0.3) is 0 Å². The molecule has 0 aromatic heterocycles. The topological polar surface area (TPSA) is 56.8 Å². The Morgan fingerprint density at radius 3 is 2.00 bits per heavy atom. The van der Waals surface area contributed by atoms with E-state index in [-0.39, 0.29) is 0 Å². The molecule has 0 spiro atoms. The Labute approximate surface area is 70.4 Å². The highest BCUT2D eigenvalue weighted by Crippen LogP contribution is 2.21. The zero-order chi connectivity index (χ0) is 8.97. The maximum atomic E-state index is 8.63. The number of para-hydroxylation sites is 1. The molecule has 0 saturated carbocycles. The molecule has 0 atom stereocenters. The molecule has 0 aliphatic carbocycles. The van der Waals surface area contributed by atoms with Gasteiger partial charge >= 0.3 is 0 Å². The van der Waals surface area contributed by atoms with Gasteiger partial charge < -0.3 is 4.74 Å². The molecule has 0 unspecified atom stereocenters. The van der Waals surface area contributed by atoms with E-state index in [1.54, 1.807) is 18.2 Å². The summed E-state index contributed by atoms with van der Waals surface area (Å²) in [5.74, 6) is 0.350. The van der Waals surface area contributed by atoms with Crippen LogP contribution in [-0.4, -0.2) is 7.11 Å². The largest absolute Gasteiger partial charge is 0.494 e. The third-order valence-corrected chi connectivity index (χ3v) is 1.46. The van der Waals surface area contributed by atoms with Crippen LogP contribution in [0, 0.1) is 22.7 Å². The fraction of sp³-hybridized carbons (Fsp3) is 0.111. The van der Waals surface area contributed by atoms with Gasteiger partial charge in [-0.25, -0.2) is 0 Å². The third kappa shape index (κ3) is 1.21. The predicted octanol–water partition coefficient (Wildman–Crippen LogP) is 1.44. The standard InChI is InChI=1S/C9H6N2O/c1-12-9-7(5-10)3-2-4-8(9)6-11/h2-4H,1H3. The van der Waals surface area contributed by atoms with Crippen LogP contribution < -0.4 is 4.74 Å². The summed E-state index contributed by atoms with van der Waals surface area (Å²) in [6.07, 6.45) is 0. The highest BCUT2D eigenvalue weighted by Gasteiger charge is 2.06. The van der Waals surface area contributed by atoms with E-state index in [1.807, 2.05) is 12.1 Å². The molecule has 0 bridgehead atoms. The van der Waals surface area contributed by atoms with Crippen LogP contribution in [0.2, 0.25) is 0 Å². The van der Waals surface area contributed by atoms with Crippen molar-refractivity contribution < 1.29 is 4.74 Å². The Kier molecular flexibility index (Phi) is 2.30. The van der Waals surface area contributed by atoms with Gasteiger partial charge in [0.1, 0.15) is 12.1 Å². The first-order valence-corrected chi connectivity index (χ1v) is 3.30. The Balaban J connectivity index is 3.37. The summed E-state index contributed by atoms with van der Waals surface area (Å²) in [7, 11) is 1.44. The van der Waals surface area contributed by atoms with Gasteiger partial charge in [0.15, 0.2) is 5.75 Å². The lowest BCUT2D eigenvalue weighted by Gasteiger charge is -2.02. The van der Waals surface area contributed by atoms with Gasteiger partial charge in [-0.05, 0) is 12.1 Å². The lowest BCUT2D eigenvalue weighted by molar-refractivity contribution is 0.412. The third-order valence-electron chi connectivity index (χ3n) is 1.46. The van der Waals surface area contributed by atoms with Crippen molar-refractivity contribution in [3.63, 3.8) is 0 Å². The second kappa shape index (κ2) is 3.41. The highest BCUT2D eigenvalue weighted by molar-refractivity contribution is 5.53. The molecule has 0 aliphatic heterocycles. The monoisotopic (exact) mass is 158 g/mol. The molecule has 0 fully saturated rings. The molecule has 3 nitrogen and oxygen atoms in total. The van der Waals surface area contributed by atoms with Crippen molar-refractivity contribution in [2.75, 3.05) is 7.11 Å². The quantitative estimate of drug-likeness (QED) is 0.621. The van der Waals surface area contributed by atoms with Gasteiger partial charge in [-0.1, -0.05) is 6.07 Å². The fourth-order valence-corrected chi connectivity index (χ4v) is 0.933. The van der Waals surface area contributed by atoms with Crippen molar-refractivity contribution in [2.45, 2.75) is 0 Å². The Morgan fingerprint density at radius 1 is 1.17 bits per heavy atom. The van der Waals surface area contributed by atoms with E-state index in [9.17, 15) is 0 Å². The number of nitrogens with zero attached hydrogens (tertiary/aromatic N) is 2. The van der Waals surface area contributed by atoms with Crippen molar-refractivity contribution >= 4 is 0 Å². The minimum atomic E-state index is 0.350. The first-order chi connectivity index (χ1) is 5.83. The molecule has 12 heavy (non-hydrogen) atoms. The molecule has 0 aliphatic rings. The van der Waals surface area contributed by atoms with Gasteiger partial charge in [0.2, 0.25) is 0 Å². The van der Waals surface area contributed by atoms with Crippen molar-refractivity contribution in [3.8, 4) is 17.9 Å². The minimum Gasteiger partial charge on any atom is -0.494 e. The number of benzene rings is 1. The average Bonchev–Trinajstić information content (AvgIpc) is 2.16. The van der Waals surface area contributed by atoms with Gasteiger partial charge in [0.25, 0.3) is 0 Å². The van der Waals surface area contributed by atoms with Crippen molar-refractivity contribution in [3.05, 3.63) is 29.3 Å². The average molecular weight is 158 g/mol. The zero-order valence-corrected chi connectivity index (χ0v) is 6.53. The zero-order valence-electron chi connectivity index (χ0n) is 6.53. The van der Waals surface area contributed by atoms with E-state index in [2.05, 4.69) is 0 Å². The lowest BCUT2D eigenvalue weighted by Crippen LogP contribution is -1.91. The van der Waals surface area contributed by atoms with E-state index < -0.39 is 0 Å². The van der Waals surface area contributed by atoms with Crippen molar-refractivity contribution in [1.29, 1.82) is 10.5 Å². The Bertz CT molecular complexity index is 339. The van der Waals surface area contributed by atoms with Crippen LogP contribution in [0.4, 0.5) is 0 Å². The van der Waals surface area contributed by atoms with Gasteiger partial charge in [-0.2, -0.15) is 10.5 Å². The van der Waals surface area contributed by atoms with Gasteiger partial charge in [0, 0.05) is 0 Å². The molecular weight excluding hydrogens is 152 g/mol. The molecule has 58 valence electrons. The second-order valence-electron chi connectivity index (χ2n) is 2.11. The van der Waals surface area contributed by atoms with Crippen LogP contribution in [-0.2, 0) is 0 Å². The summed E-state index contributed by atoms with van der Waals surface area (Å²) < 4.78 is 4.91. The predicted molar refractivity (Wildman–Crippen MR) is 42.4 cm³/mol. The van der Waals surface area contributed by atoms with Gasteiger partial charge in [0.05, 0.1) is 18.2 Å². The van der Waals surface area contributed by atoms with Gasteiger partial charge in [-0.3, -0.25) is 0 Å². The van der Waals surface area contributed by atoms with E-state index in [1.165, 1.54) is 7.11 Å². The van der Waals surface area contributed by atoms with Crippen LogP contribution in [0.1, 0.15) is 11.1 Å². The summed E-state index contributed by atoms with van der Waals surface area (Å²) in [6.45, 7) is 0. The number of rotatable bonds is 1. The number of nitriles is 2. The molecule has 1 aromatic carbocycles. The number of hydrogen-bond donors (Lipinski definition) is 0. The summed E-state index contributed by atoms with van der Waals surface area (Å²) in [5, 5.41) is 17.3. The molecule has 0 radical (unpaired) electrons. The Hall–Kier alpha value is -2.00. The fourth-order valence-electron chi connectivity index (χ4n) is 0.933. The van der Waals surface area contributed by atoms with Gasteiger partial charge in [-0.15, -0.1) is 0 Å². The van der Waals surface area contributed by atoms with E-state index >= 15 is 0 Å². The second-order valence-corrected chi connectivity index (χ2v) is 2.11. The molecule has 0 N–H and O–H groups in total. The smallest absolute Gasteiger partial charge is 0.154 e. The normalized spacial score (nSPS) is 8.25. The number of ether oxygens (including phenoxy) is 1. The maximum absolute atomic E-state index is 8.63. The van der Waals surface area contributed by atoms with Crippen LogP contribution in [0.5, 0.6) is 5.75 Å². The summed E-state index contributed by atoms with van der Waals surface area (Å²) in [4.78, 5) is 0. The molecule has 1 aromatic rings. The van der Waals surface area contributed by atoms with Crippen molar-refractivity contribution in [1.82, 2.24) is 0 Å². The maximum Gasteiger partial charge on any atom is 0.154 e.